The van der Waals surface area contributed by atoms with Crippen molar-refractivity contribution in [3.63, 3.8) is 0 Å². The molecule has 3 N–H and O–H groups in total. The molecule has 0 spiro atoms. The Morgan fingerprint density at radius 3 is 2.58 bits per heavy atom. The molecule has 2 amide bonds. The highest BCUT2D eigenvalue weighted by molar-refractivity contribution is 7.17. The fourth-order valence-electron chi connectivity index (χ4n) is 4.14. The van der Waals surface area contributed by atoms with Crippen LogP contribution in [0, 0.1) is 5.92 Å². The number of fused-ring (bicyclic) bond motifs is 1. The molecule has 0 atom stereocenters. The first-order valence-electron chi connectivity index (χ1n) is 9.88. The molecule has 0 bridgehead atoms. The van der Waals surface area contributed by atoms with Gasteiger partial charge in [-0.05, 0) is 43.7 Å². The number of nitrogens with one attached hydrogen (secondary N) is 1. The third-order valence-corrected chi connectivity index (χ3v) is 7.20. The summed E-state index contributed by atoms with van der Waals surface area (Å²) in [6.07, 6.45) is -0.111. The van der Waals surface area contributed by atoms with Gasteiger partial charge in [0.2, 0.25) is 5.91 Å². The predicted octanol–water partition coefficient (Wildman–Crippen LogP) is 4.26. The molecule has 2 aromatic rings. The van der Waals surface area contributed by atoms with Gasteiger partial charge in [0.15, 0.2) is 0 Å². The predicted molar refractivity (Wildman–Crippen MR) is 113 cm³/mol. The number of hydrogen-bond donors (Lipinski definition) is 2. The third-order valence-electron chi connectivity index (χ3n) is 5.72. The molecular weight excluding hydrogens is 453 g/mol. The third kappa shape index (κ3) is 4.36. The normalized spacial score (nSPS) is 17.0. The van der Waals surface area contributed by atoms with Crippen molar-refractivity contribution in [1.82, 2.24) is 4.98 Å². The number of hydrogen-bond acceptors (Lipinski definition) is 5. The molecule has 1 aliphatic carbocycles. The topological polar surface area (TPSA) is 88.3 Å². The number of thiophene rings is 1. The quantitative estimate of drug-likeness (QED) is 0.696. The van der Waals surface area contributed by atoms with Crippen LogP contribution in [-0.2, 0) is 23.8 Å². The number of pyridine rings is 1. The van der Waals surface area contributed by atoms with E-state index in [0.717, 1.165) is 42.0 Å². The molecule has 0 radical (unpaired) electrons. The zero-order valence-corrected chi connectivity index (χ0v) is 18.0. The molecule has 31 heavy (non-hydrogen) atoms. The minimum Gasteiger partial charge on any atom is -0.365 e. The standard InChI is InChI=1S/C20H20ClF3N4O2S/c21-13-8-11(20(22,23)24)9-26-17(13)28-6-4-10(5-7-28)18(30)27-19-15(16(25)29)12-2-1-3-14(12)31-19/h8-10H,1-7H2,(H2,25,29)(H,27,30). The van der Waals surface area contributed by atoms with Crippen molar-refractivity contribution in [2.24, 2.45) is 11.7 Å². The summed E-state index contributed by atoms with van der Waals surface area (Å²) < 4.78 is 38.4. The lowest BCUT2D eigenvalue weighted by molar-refractivity contribution is -0.137. The van der Waals surface area contributed by atoms with Crippen LogP contribution in [-0.4, -0.2) is 29.9 Å². The molecule has 1 aliphatic heterocycles. The van der Waals surface area contributed by atoms with E-state index in [2.05, 4.69) is 10.3 Å². The lowest BCUT2D eigenvalue weighted by Crippen LogP contribution is -2.38. The second-order valence-corrected chi connectivity index (χ2v) is 9.22. The van der Waals surface area contributed by atoms with Gasteiger partial charge in [0.25, 0.3) is 5.91 Å². The van der Waals surface area contributed by atoms with Crippen LogP contribution in [0.2, 0.25) is 5.02 Å². The number of halogens is 4. The number of carbonyl (C=O) groups is 2. The van der Waals surface area contributed by atoms with Gasteiger partial charge < -0.3 is 16.0 Å². The smallest absolute Gasteiger partial charge is 0.365 e. The van der Waals surface area contributed by atoms with Crippen molar-refractivity contribution in [2.45, 2.75) is 38.3 Å². The first kappa shape index (κ1) is 21.9. The van der Waals surface area contributed by atoms with Gasteiger partial charge in [-0.25, -0.2) is 4.98 Å². The highest BCUT2D eigenvalue weighted by Crippen LogP contribution is 2.39. The van der Waals surface area contributed by atoms with Crippen LogP contribution in [0.25, 0.3) is 0 Å². The summed E-state index contributed by atoms with van der Waals surface area (Å²) in [5.41, 5.74) is 6.01. The van der Waals surface area contributed by atoms with E-state index in [1.165, 1.54) is 11.3 Å². The summed E-state index contributed by atoms with van der Waals surface area (Å²) in [5, 5.41) is 3.31. The molecule has 11 heteroatoms. The van der Waals surface area contributed by atoms with Crippen molar-refractivity contribution in [3.8, 4) is 0 Å². The van der Waals surface area contributed by atoms with Crippen LogP contribution in [0.3, 0.4) is 0 Å². The number of nitrogens with two attached hydrogens (primary N) is 1. The summed E-state index contributed by atoms with van der Waals surface area (Å²) >= 11 is 7.44. The molecule has 6 nitrogen and oxygen atoms in total. The van der Waals surface area contributed by atoms with Crippen molar-refractivity contribution in [2.75, 3.05) is 23.3 Å². The highest BCUT2D eigenvalue weighted by Gasteiger charge is 2.33. The van der Waals surface area contributed by atoms with E-state index in [0.29, 0.717) is 36.5 Å². The van der Waals surface area contributed by atoms with Gasteiger partial charge in [0, 0.05) is 30.1 Å². The van der Waals surface area contributed by atoms with Gasteiger partial charge in [-0.3, -0.25) is 9.59 Å². The molecular formula is C20H20ClF3N4O2S. The number of nitrogens with zero attached hydrogens (tertiary/aromatic N) is 2. The number of anilines is 2. The fraction of sp³-hybridized carbons (Fsp3) is 0.450. The second kappa shape index (κ2) is 8.31. The van der Waals surface area contributed by atoms with E-state index in [4.69, 9.17) is 17.3 Å². The molecule has 0 saturated carbocycles. The van der Waals surface area contributed by atoms with Gasteiger partial charge in [0.05, 0.1) is 16.1 Å². The Morgan fingerprint density at radius 1 is 1.26 bits per heavy atom. The summed E-state index contributed by atoms with van der Waals surface area (Å²) in [7, 11) is 0. The van der Waals surface area contributed by atoms with Crippen LogP contribution in [0.5, 0.6) is 0 Å². The zero-order valence-electron chi connectivity index (χ0n) is 16.4. The molecule has 1 saturated heterocycles. The van der Waals surface area contributed by atoms with E-state index in [9.17, 15) is 22.8 Å². The monoisotopic (exact) mass is 472 g/mol. The first-order chi connectivity index (χ1) is 14.6. The average molecular weight is 473 g/mol. The fourth-order valence-corrected chi connectivity index (χ4v) is 5.72. The van der Waals surface area contributed by atoms with Gasteiger partial charge in [-0.15, -0.1) is 11.3 Å². The molecule has 0 aromatic carbocycles. The number of carbonyl (C=O) groups excluding carboxylic acids is 2. The van der Waals surface area contributed by atoms with Crippen LogP contribution >= 0.6 is 22.9 Å². The number of rotatable bonds is 4. The van der Waals surface area contributed by atoms with Crippen molar-refractivity contribution < 1.29 is 22.8 Å². The molecule has 0 unspecified atom stereocenters. The van der Waals surface area contributed by atoms with Gasteiger partial charge in [-0.1, -0.05) is 11.6 Å². The molecule has 2 aliphatic rings. The lowest BCUT2D eigenvalue weighted by atomic mass is 9.96. The summed E-state index contributed by atoms with van der Waals surface area (Å²) in [5.74, 6) is -0.734. The maximum absolute atomic E-state index is 12.8. The summed E-state index contributed by atoms with van der Waals surface area (Å²) in [4.78, 5) is 31.5. The Morgan fingerprint density at radius 2 is 1.97 bits per heavy atom. The van der Waals surface area contributed by atoms with E-state index in [1.807, 2.05) is 0 Å². The van der Waals surface area contributed by atoms with Crippen molar-refractivity contribution >= 4 is 45.6 Å². The van der Waals surface area contributed by atoms with Crippen molar-refractivity contribution in [3.05, 3.63) is 38.9 Å². The van der Waals surface area contributed by atoms with Crippen molar-refractivity contribution in [1.29, 1.82) is 0 Å². The maximum atomic E-state index is 12.8. The molecule has 1 fully saturated rings. The summed E-state index contributed by atoms with van der Waals surface area (Å²) in [6.45, 7) is 0.861. The Bertz CT molecular complexity index is 1030. The number of amides is 2. The number of piperidine rings is 1. The average Bonchev–Trinajstić information content (AvgIpc) is 3.27. The Hall–Kier alpha value is -2.33. The van der Waals surface area contributed by atoms with Crippen LogP contribution in [0.15, 0.2) is 12.3 Å². The molecule has 3 heterocycles. The molecule has 2 aromatic heterocycles. The van der Waals surface area contributed by atoms with E-state index in [-0.39, 0.29) is 22.7 Å². The van der Waals surface area contributed by atoms with E-state index < -0.39 is 17.6 Å². The van der Waals surface area contributed by atoms with Gasteiger partial charge >= 0.3 is 6.18 Å². The van der Waals surface area contributed by atoms with Crippen LogP contribution < -0.4 is 16.0 Å². The van der Waals surface area contributed by atoms with Gasteiger partial charge in [-0.2, -0.15) is 13.2 Å². The second-order valence-electron chi connectivity index (χ2n) is 7.70. The number of primary amides is 1. The Balaban J connectivity index is 1.41. The first-order valence-corrected chi connectivity index (χ1v) is 11.1. The largest absolute Gasteiger partial charge is 0.417 e. The SMILES string of the molecule is NC(=O)c1c(NC(=O)C2CCN(c3ncc(C(F)(F)F)cc3Cl)CC2)sc2c1CCC2. The zero-order chi connectivity index (χ0) is 22.3. The summed E-state index contributed by atoms with van der Waals surface area (Å²) in [6, 6.07) is 0.865. The number of alkyl halides is 3. The number of aryl methyl sites for hydroxylation is 1. The van der Waals surface area contributed by atoms with E-state index >= 15 is 0 Å². The van der Waals surface area contributed by atoms with Crippen LogP contribution in [0.1, 0.15) is 45.6 Å². The minimum atomic E-state index is -4.51. The minimum absolute atomic E-state index is 0.0723. The Kier molecular flexibility index (Phi) is 5.87. The number of aromatic nitrogens is 1. The highest BCUT2D eigenvalue weighted by atomic mass is 35.5. The van der Waals surface area contributed by atoms with E-state index in [1.54, 1.807) is 4.90 Å². The Labute approximate surface area is 185 Å². The van der Waals surface area contributed by atoms with Crippen LogP contribution in [0.4, 0.5) is 24.0 Å². The van der Waals surface area contributed by atoms with Gasteiger partial charge in [0.1, 0.15) is 10.8 Å². The molecule has 166 valence electrons. The molecule has 4 rings (SSSR count). The maximum Gasteiger partial charge on any atom is 0.417 e. The lowest BCUT2D eigenvalue weighted by Gasteiger charge is -2.32.